The van der Waals surface area contributed by atoms with Gasteiger partial charge in [0.1, 0.15) is 5.75 Å². The Labute approximate surface area is 95.0 Å². The van der Waals surface area contributed by atoms with E-state index in [1.165, 1.54) is 0 Å². The molecule has 1 heterocycles. The minimum absolute atomic E-state index is 0.0802. The molecule has 1 fully saturated rings. The second-order valence-electron chi connectivity index (χ2n) is 3.95. The molecule has 1 amide bonds. The van der Waals surface area contributed by atoms with Crippen LogP contribution in [0.3, 0.4) is 0 Å². The zero-order valence-corrected chi connectivity index (χ0v) is 9.32. The summed E-state index contributed by atoms with van der Waals surface area (Å²) in [5.74, 6) is 0.893. The van der Waals surface area contributed by atoms with Crippen LogP contribution >= 0.6 is 0 Å². The summed E-state index contributed by atoms with van der Waals surface area (Å²) in [5.41, 5.74) is 1.01. The Hall–Kier alpha value is -1.55. The first kappa shape index (κ1) is 11.0. The van der Waals surface area contributed by atoms with E-state index in [1.807, 2.05) is 24.3 Å². The summed E-state index contributed by atoms with van der Waals surface area (Å²) in [6, 6.07) is 7.88. The quantitative estimate of drug-likeness (QED) is 0.768. The van der Waals surface area contributed by atoms with Crippen LogP contribution in [0, 0.1) is 0 Å². The SMILES string of the molecule is COc1ccc(CC(=O)NC2CNC2)cc1. The van der Waals surface area contributed by atoms with Crippen molar-refractivity contribution in [2.75, 3.05) is 20.2 Å². The number of carbonyl (C=O) groups excluding carboxylic acids is 1. The number of amides is 1. The molecule has 16 heavy (non-hydrogen) atoms. The summed E-state index contributed by atoms with van der Waals surface area (Å²) in [4.78, 5) is 11.6. The molecule has 0 spiro atoms. The summed E-state index contributed by atoms with van der Waals surface area (Å²) in [7, 11) is 1.63. The van der Waals surface area contributed by atoms with E-state index in [0.717, 1.165) is 24.4 Å². The molecule has 0 aliphatic carbocycles. The van der Waals surface area contributed by atoms with E-state index in [4.69, 9.17) is 4.74 Å². The fraction of sp³-hybridized carbons (Fsp3) is 0.417. The number of rotatable bonds is 4. The smallest absolute Gasteiger partial charge is 0.224 e. The predicted octanol–water partition coefficient (Wildman–Crippen LogP) is 0.326. The van der Waals surface area contributed by atoms with Crippen LogP contribution < -0.4 is 15.4 Å². The maximum atomic E-state index is 11.6. The molecular weight excluding hydrogens is 204 g/mol. The van der Waals surface area contributed by atoms with Gasteiger partial charge < -0.3 is 15.4 Å². The lowest BCUT2D eigenvalue weighted by atomic mass is 10.1. The van der Waals surface area contributed by atoms with Gasteiger partial charge in [-0.25, -0.2) is 0 Å². The van der Waals surface area contributed by atoms with Crippen molar-refractivity contribution in [1.82, 2.24) is 10.6 Å². The van der Waals surface area contributed by atoms with Gasteiger partial charge in [-0.05, 0) is 17.7 Å². The summed E-state index contributed by atoms with van der Waals surface area (Å²) < 4.78 is 5.06. The Bertz CT molecular complexity index is 358. The molecule has 1 aliphatic heterocycles. The van der Waals surface area contributed by atoms with Gasteiger partial charge in [0.2, 0.25) is 5.91 Å². The van der Waals surface area contributed by atoms with E-state index in [1.54, 1.807) is 7.11 Å². The zero-order chi connectivity index (χ0) is 11.4. The predicted molar refractivity (Wildman–Crippen MR) is 61.5 cm³/mol. The first-order chi connectivity index (χ1) is 7.78. The maximum absolute atomic E-state index is 11.6. The number of ether oxygens (including phenoxy) is 1. The van der Waals surface area contributed by atoms with Gasteiger partial charge in [-0.2, -0.15) is 0 Å². The van der Waals surface area contributed by atoms with Gasteiger partial charge in [-0.15, -0.1) is 0 Å². The van der Waals surface area contributed by atoms with Gasteiger partial charge in [0.15, 0.2) is 0 Å². The molecule has 86 valence electrons. The molecule has 0 atom stereocenters. The van der Waals surface area contributed by atoms with E-state index < -0.39 is 0 Å². The van der Waals surface area contributed by atoms with Gasteiger partial charge >= 0.3 is 0 Å². The van der Waals surface area contributed by atoms with Gasteiger partial charge in [-0.3, -0.25) is 4.79 Å². The van der Waals surface area contributed by atoms with Gasteiger partial charge in [0.05, 0.1) is 19.6 Å². The third-order valence-electron chi connectivity index (χ3n) is 2.67. The molecule has 4 nitrogen and oxygen atoms in total. The topological polar surface area (TPSA) is 50.4 Å². The van der Waals surface area contributed by atoms with Crippen LogP contribution in [0.5, 0.6) is 5.75 Å². The molecule has 0 unspecified atom stereocenters. The molecule has 1 aliphatic rings. The number of carbonyl (C=O) groups is 1. The summed E-state index contributed by atoms with van der Waals surface area (Å²) in [6.07, 6.45) is 0.431. The summed E-state index contributed by atoms with van der Waals surface area (Å²) in [5, 5.41) is 6.08. The number of benzene rings is 1. The highest BCUT2D eigenvalue weighted by Gasteiger charge is 2.18. The number of methoxy groups -OCH3 is 1. The maximum Gasteiger partial charge on any atom is 0.224 e. The Morgan fingerprint density at radius 3 is 2.62 bits per heavy atom. The van der Waals surface area contributed by atoms with Crippen molar-refractivity contribution in [3.63, 3.8) is 0 Å². The Balaban J connectivity index is 1.84. The molecule has 1 aromatic carbocycles. The van der Waals surface area contributed by atoms with Crippen LogP contribution in [-0.2, 0) is 11.2 Å². The van der Waals surface area contributed by atoms with Crippen LogP contribution in [-0.4, -0.2) is 32.1 Å². The third-order valence-corrected chi connectivity index (χ3v) is 2.67. The molecule has 0 aromatic heterocycles. The fourth-order valence-electron chi connectivity index (χ4n) is 1.60. The van der Waals surface area contributed by atoms with Crippen LogP contribution in [0.4, 0.5) is 0 Å². The lowest BCUT2D eigenvalue weighted by Gasteiger charge is -2.27. The molecule has 1 saturated heterocycles. The molecule has 0 radical (unpaired) electrons. The lowest BCUT2D eigenvalue weighted by molar-refractivity contribution is -0.121. The third kappa shape index (κ3) is 2.73. The lowest BCUT2D eigenvalue weighted by Crippen LogP contribution is -2.57. The zero-order valence-electron chi connectivity index (χ0n) is 9.32. The van der Waals surface area contributed by atoms with Crippen LogP contribution in [0.25, 0.3) is 0 Å². The number of nitrogens with one attached hydrogen (secondary N) is 2. The molecule has 1 aromatic rings. The highest BCUT2D eigenvalue weighted by atomic mass is 16.5. The Morgan fingerprint density at radius 1 is 1.44 bits per heavy atom. The molecule has 4 heteroatoms. The van der Waals surface area contributed by atoms with Crippen LogP contribution in [0.2, 0.25) is 0 Å². The van der Waals surface area contributed by atoms with E-state index in [-0.39, 0.29) is 5.91 Å². The van der Waals surface area contributed by atoms with Crippen molar-refractivity contribution in [2.45, 2.75) is 12.5 Å². The van der Waals surface area contributed by atoms with Crippen molar-refractivity contribution < 1.29 is 9.53 Å². The second kappa shape index (κ2) is 4.99. The normalized spacial score (nSPS) is 15.3. The fourth-order valence-corrected chi connectivity index (χ4v) is 1.60. The first-order valence-corrected chi connectivity index (χ1v) is 5.41. The van der Waals surface area contributed by atoms with E-state index >= 15 is 0 Å². The Kier molecular flexibility index (Phi) is 3.41. The molecule has 0 bridgehead atoms. The van der Waals surface area contributed by atoms with Gasteiger partial charge in [0, 0.05) is 13.1 Å². The number of hydrogen-bond donors (Lipinski definition) is 2. The average molecular weight is 220 g/mol. The van der Waals surface area contributed by atoms with E-state index in [0.29, 0.717) is 12.5 Å². The van der Waals surface area contributed by atoms with Crippen molar-refractivity contribution in [3.05, 3.63) is 29.8 Å². The molecule has 0 saturated carbocycles. The van der Waals surface area contributed by atoms with Crippen molar-refractivity contribution in [3.8, 4) is 5.75 Å². The molecule has 2 rings (SSSR count). The standard InChI is InChI=1S/C12H16N2O2/c1-16-11-4-2-9(3-5-11)6-12(15)14-10-7-13-8-10/h2-5,10,13H,6-8H2,1H3,(H,14,15). The van der Waals surface area contributed by atoms with Gasteiger partial charge in [-0.1, -0.05) is 12.1 Å². The summed E-state index contributed by atoms with van der Waals surface area (Å²) >= 11 is 0. The van der Waals surface area contributed by atoms with Crippen molar-refractivity contribution in [2.24, 2.45) is 0 Å². The minimum atomic E-state index is 0.0802. The van der Waals surface area contributed by atoms with Gasteiger partial charge in [0.25, 0.3) is 0 Å². The molecular formula is C12H16N2O2. The highest BCUT2D eigenvalue weighted by molar-refractivity contribution is 5.79. The summed E-state index contributed by atoms with van der Waals surface area (Å²) in [6.45, 7) is 1.77. The highest BCUT2D eigenvalue weighted by Crippen LogP contribution is 2.11. The average Bonchev–Trinajstić information content (AvgIpc) is 2.25. The first-order valence-electron chi connectivity index (χ1n) is 5.41. The van der Waals surface area contributed by atoms with Crippen molar-refractivity contribution in [1.29, 1.82) is 0 Å². The minimum Gasteiger partial charge on any atom is -0.497 e. The Morgan fingerprint density at radius 2 is 2.12 bits per heavy atom. The largest absolute Gasteiger partial charge is 0.497 e. The van der Waals surface area contributed by atoms with Crippen molar-refractivity contribution >= 4 is 5.91 Å². The van der Waals surface area contributed by atoms with E-state index in [2.05, 4.69) is 10.6 Å². The monoisotopic (exact) mass is 220 g/mol. The van der Waals surface area contributed by atoms with Crippen LogP contribution in [0.15, 0.2) is 24.3 Å². The second-order valence-corrected chi connectivity index (χ2v) is 3.95. The van der Waals surface area contributed by atoms with Crippen LogP contribution in [0.1, 0.15) is 5.56 Å². The van der Waals surface area contributed by atoms with E-state index in [9.17, 15) is 4.79 Å². The molecule has 2 N–H and O–H groups in total. The number of hydrogen-bond acceptors (Lipinski definition) is 3.